The molecule has 1 spiro atoms. The lowest BCUT2D eigenvalue weighted by molar-refractivity contribution is -0.195. The number of phenols is 1. The molecule has 2 aromatic rings. The van der Waals surface area contributed by atoms with Crippen molar-refractivity contribution >= 4 is 5.91 Å². The van der Waals surface area contributed by atoms with Gasteiger partial charge in [-0.15, -0.1) is 0 Å². The minimum Gasteiger partial charge on any atom is -0.504 e. The molecule has 2 aromatic carbocycles. The highest BCUT2D eigenvalue weighted by Crippen LogP contribution is 2.65. The Bertz CT molecular complexity index is 1310. The second-order valence-corrected chi connectivity index (χ2v) is 10.9. The summed E-state index contributed by atoms with van der Waals surface area (Å²) in [5.74, 6) is 6.18. The van der Waals surface area contributed by atoms with Crippen molar-refractivity contribution in [2.24, 2.45) is 0 Å². The van der Waals surface area contributed by atoms with Crippen LogP contribution < -0.4 is 4.74 Å². The monoisotopic (exact) mass is 472 g/mol. The molecular formula is C29H32N2O4. The van der Waals surface area contributed by atoms with Crippen LogP contribution in [-0.4, -0.2) is 70.3 Å². The molecule has 35 heavy (non-hydrogen) atoms. The lowest BCUT2D eigenvalue weighted by Crippen LogP contribution is -2.77. The van der Waals surface area contributed by atoms with E-state index in [-0.39, 0.29) is 23.7 Å². The smallest absolute Gasteiger partial charge is 0.298 e. The summed E-state index contributed by atoms with van der Waals surface area (Å²) in [7, 11) is 3.86. The highest BCUT2D eigenvalue weighted by Gasteiger charge is 2.73. The molecule has 5 atom stereocenters. The van der Waals surface area contributed by atoms with Crippen LogP contribution >= 0.6 is 0 Å². The number of hydrogen-bond acceptors (Lipinski definition) is 5. The number of aromatic hydroxyl groups is 1. The molecule has 2 aliphatic heterocycles. The van der Waals surface area contributed by atoms with Gasteiger partial charge in [0.25, 0.3) is 5.91 Å². The van der Waals surface area contributed by atoms with Gasteiger partial charge < -0.3 is 24.7 Å². The van der Waals surface area contributed by atoms with Crippen LogP contribution in [0.3, 0.4) is 0 Å². The Morgan fingerprint density at radius 1 is 1.20 bits per heavy atom. The number of phenolic OH excluding ortho intramolecular Hbond substituents is 1. The molecule has 2 fully saturated rings. The zero-order chi connectivity index (χ0) is 24.7. The first-order valence-electron chi connectivity index (χ1n) is 12.5. The van der Waals surface area contributed by atoms with Crippen LogP contribution in [0.15, 0.2) is 30.3 Å². The number of rotatable bonds is 1. The van der Waals surface area contributed by atoms with Gasteiger partial charge in [-0.2, -0.15) is 0 Å². The van der Waals surface area contributed by atoms with Gasteiger partial charge in [0.1, 0.15) is 6.10 Å². The number of hydrogen-bond donors (Lipinski definition) is 2. The van der Waals surface area contributed by atoms with Crippen LogP contribution in [0.25, 0.3) is 0 Å². The summed E-state index contributed by atoms with van der Waals surface area (Å²) in [6, 6.07) is 9.35. The predicted molar refractivity (Wildman–Crippen MR) is 132 cm³/mol. The van der Waals surface area contributed by atoms with Crippen molar-refractivity contribution in [3.8, 4) is 23.3 Å². The van der Waals surface area contributed by atoms with Crippen molar-refractivity contribution in [2.45, 2.75) is 68.7 Å². The number of ether oxygens (including phenoxy) is 1. The number of carbonyl (C=O) groups excluding carboxylic acids is 1. The van der Waals surface area contributed by atoms with Crippen molar-refractivity contribution in [1.29, 1.82) is 0 Å². The van der Waals surface area contributed by atoms with Crippen LogP contribution in [0.5, 0.6) is 11.5 Å². The van der Waals surface area contributed by atoms with E-state index in [9.17, 15) is 15.0 Å². The third-order valence-electron chi connectivity index (χ3n) is 9.34. The van der Waals surface area contributed by atoms with Gasteiger partial charge in [-0.1, -0.05) is 18.1 Å². The third-order valence-corrected chi connectivity index (χ3v) is 9.34. The fraction of sp³-hybridized carbons (Fsp3) is 0.483. The number of carbonyl (C=O) groups is 1. The topological polar surface area (TPSA) is 73.2 Å². The SMILES string of the molecule is Cc1ccc(C#CC(=O)N(C)[C@H]2CC[C@@]3(O)[C@H]4Cc5ccc(O)c6c5[C@@]3(CCN4C)[C@H]2O6)cc1C. The Balaban J connectivity index is 1.38. The highest BCUT2D eigenvalue weighted by molar-refractivity contribution is 5.94. The lowest BCUT2D eigenvalue weighted by atomic mass is 9.48. The summed E-state index contributed by atoms with van der Waals surface area (Å²) in [5, 5.41) is 23.0. The largest absolute Gasteiger partial charge is 0.504 e. The quantitative estimate of drug-likeness (QED) is 0.625. The number of piperidine rings is 1. The van der Waals surface area contributed by atoms with E-state index in [1.165, 1.54) is 5.56 Å². The Morgan fingerprint density at radius 3 is 2.77 bits per heavy atom. The fourth-order valence-corrected chi connectivity index (χ4v) is 7.31. The maximum atomic E-state index is 13.2. The van der Waals surface area contributed by atoms with E-state index in [0.717, 1.165) is 41.6 Å². The minimum absolute atomic E-state index is 0.0168. The average molecular weight is 473 g/mol. The van der Waals surface area contributed by atoms with Gasteiger partial charge in [0.05, 0.1) is 17.1 Å². The van der Waals surface area contributed by atoms with Gasteiger partial charge in [-0.25, -0.2) is 0 Å². The first-order chi connectivity index (χ1) is 16.7. The number of amides is 1. The summed E-state index contributed by atoms with van der Waals surface area (Å²) in [6.07, 6.45) is 2.21. The summed E-state index contributed by atoms with van der Waals surface area (Å²) < 4.78 is 6.51. The van der Waals surface area contributed by atoms with Gasteiger partial charge in [-0.3, -0.25) is 4.79 Å². The summed E-state index contributed by atoms with van der Waals surface area (Å²) >= 11 is 0. The van der Waals surface area contributed by atoms with Gasteiger partial charge in [0, 0.05) is 30.1 Å². The van der Waals surface area contributed by atoms with Crippen molar-refractivity contribution in [3.63, 3.8) is 0 Å². The second kappa shape index (κ2) is 7.49. The third kappa shape index (κ3) is 2.89. The zero-order valence-corrected chi connectivity index (χ0v) is 20.8. The number of aryl methyl sites for hydroxylation is 2. The molecule has 1 amide bonds. The maximum absolute atomic E-state index is 13.2. The van der Waals surface area contributed by atoms with Gasteiger partial charge in [0.2, 0.25) is 0 Å². The van der Waals surface area contributed by atoms with E-state index >= 15 is 0 Å². The maximum Gasteiger partial charge on any atom is 0.298 e. The molecule has 0 aromatic heterocycles. The second-order valence-electron chi connectivity index (χ2n) is 10.9. The van der Waals surface area contributed by atoms with Crippen molar-refractivity contribution in [1.82, 2.24) is 9.80 Å². The van der Waals surface area contributed by atoms with Crippen molar-refractivity contribution in [3.05, 3.63) is 58.1 Å². The Kier molecular flexibility index (Phi) is 4.81. The van der Waals surface area contributed by atoms with E-state index in [0.29, 0.717) is 18.6 Å². The molecule has 0 radical (unpaired) electrons. The minimum atomic E-state index is -0.970. The number of benzene rings is 2. The molecule has 1 saturated heterocycles. The lowest BCUT2D eigenvalue weighted by Gasteiger charge is -2.64. The molecule has 6 rings (SSSR count). The van der Waals surface area contributed by atoms with Crippen LogP contribution in [0, 0.1) is 25.7 Å². The number of likely N-dealkylation sites (N-methyl/N-ethyl adjacent to an activating group) is 2. The summed E-state index contributed by atoms with van der Waals surface area (Å²) in [4.78, 5) is 17.2. The molecule has 2 N–H and O–H groups in total. The van der Waals surface area contributed by atoms with E-state index in [4.69, 9.17) is 4.74 Å². The molecule has 4 aliphatic rings. The molecule has 6 heteroatoms. The molecule has 182 valence electrons. The van der Waals surface area contributed by atoms with Crippen LogP contribution in [-0.2, 0) is 16.6 Å². The molecule has 6 nitrogen and oxygen atoms in total. The normalized spacial score (nSPS) is 32.2. The molecule has 1 saturated carbocycles. The summed E-state index contributed by atoms with van der Waals surface area (Å²) in [6.45, 7) is 4.92. The van der Waals surface area contributed by atoms with E-state index in [1.807, 2.05) is 31.2 Å². The Hall–Kier alpha value is -3.01. The standard InChI is InChI=1S/C29H32N2O4/c1-17-5-6-19(15-18(17)2)7-10-24(33)31(4)21-11-12-29(34)23-16-20-8-9-22(32)26-25(20)28(29,27(21)35-26)13-14-30(23)3/h5-6,8-9,15,21,23,27,32,34H,11-14,16H2,1-4H3/t21-,23+,27-,28-,29+/m0/s1. The fourth-order valence-electron chi connectivity index (χ4n) is 7.31. The van der Waals surface area contributed by atoms with Crippen LogP contribution in [0.1, 0.15) is 47.1 Å². The van der Waals surface area contributed by atoms with Crippen LogP contribution in [0.4, 0.5) is 0 Å². The van der Waals surface area contributed by atoms with E-state index in [1.54, 1.807) is 18.0 Å². The molecule has 2 bridgehead atoms. The van der Waals surface area contributed by atoms with Gasteiger partial charge in [-0.05, 0) is 88.0 Å². The first kappa shape index (κ1) is 22.5. The zero-order valence-electron chi connectivity index (χ0n) is 20.8. The summed E-state index contributed by atoms with van der Waals surface area (Å²) in [5.41, 5.74) is 3.62. The highest BCUT2D eigenvalue weighted by atomic mass is 16.5. The molecular weight excluding hydrogens is 440 g/mol. The number of likely N-dealkylation sites (tertiary alicyclic amines) is 1. The number of nitrogens with zero attached hydrogens (tertiary/aromatic N) is 2. The molecule has 2 heterocycles. The van der Waals surface area contributed by atoms with Crippen molar-refractivity contribution in [2.75, 3.05) is 20.6 Å². The van der Waals surface area contributed by atoms with Gasteiger partial charge in [0.15, 0.2) is 11.5 Å². The Labute approximate surface area is 206 Å². The van der Waals surface area contributed by atoms with Crippen LogP contribution in [0.2, 0.25) is 0 Å². The molecule has 0 unspecified atom stereocenters. The predicted octanol–water partition coefficient (Wildman–Crippen LogP) is 2.67. The van der Waals surface area contributed by atoms with E-state index in [2.05, 4.69) is 30.7 Å². The Morgan fingerprint density at radius 2 is 2.00 bits per heavy atom. The molecule has 2 aliphatic carbocycles. The van der Waals surface area contributed by atoms with Crippen molar-refractivity contribution < 1.29 is 19.7 Å². The van der Waals surface area contributed by atoms with E-state index < -0.39 is 17.1 Å². The first-order valence-corrected chi connectivity index (χ1v) is 12.5. The van der Waals surface area contributed by atoms with Gasteiger partial charge >= 0.3 is 0 Å². The average Bonchev–Trinajstić information content (AvgIpc) is 3.19. The number of aliphatic hydroxyl groups is 1.